The molecule has 0 fully saturated rings. The lowest BCUT2D eigenvalue weighted by Crippen LogP contribution is -2.62. The maximum Gasteiger partial charge on any atom is 0.322 e. The molecule has 0 aromatic heterocycles. The van der Waals surface area contributed by atoms with E-state index < -0.39 is 236 Å². The molecule has 44 heteroatoms. The van der Waals surface area contributed by atoms with Gasteiger partial charge in [-0.1, -0.05) is 64.4 Å². The average Bonchev–Trinajstić information content (AvgIpc) is 0.829. The van der Waals surface area contributed by atoms with E-state index in [1.165, 1.54) is 46.4 Å². The predicted molar refractivity (Wildman–Crippen MR) is 394 cm³/mol. The Balaban J connectivity index is 3.52. The fraction of sp³-hybridized carbons (Fsp3) is 0.615. The normalized spacial score (nSPS) is 14.8. The van der Waals surface area contributed by atoms with E-state index in [0.717, 1.165) is 0 Å². The number of carbonyl (C=O) groups is 17. The lowest BCUT2D eigenvalue weighted by molar-refractivity contribution is -0.141. The van der Waals surface area contributed by atoms with Gasteiger partial charge >= 0.3 is 11.9 Å². The van der Waals surface area contributed by atoms with Gasteiger partial charge in [0.1, 0.15) is 73.0 Å². The van der Waals surface area contributed by atoms with E-state index in [4.69, 9.17) is 39.5 Å². The molecular weight excluding hydrogens is 1460 g/mol. The summed E-state index contributed by atoms with van der Waals surface area (Å²) in [5.74, 6) is -20.3. The molecule has 0 bridgehead atoms. The number of amides is 15. The van der Waals surface area contributed by atoms with Crippen molar-refractivity contribution in [2.75, 3.05) is 51.3 Å². The molecular formula is C65H108N22O21S. The number of aliphatic hydroxyl groups is 2. The minimum absolute atomic E-state index is 0.0143. The van der Waals surface area contributed by atoms with Crippen molar-refractivity contribution in [2.45, 2.75) is 191 Å². The lowest BCUT2D eigenvalue weighted by atomic mass is 9.96. The lowest BCUT2D eigenvalue weighted by Gasteiger charge is -2.30. The second kappa shape index (κ2) is 50.5. The third kappa shape index (κ3) is 38.4. The second-order valence-electron chi connectivity index (χ2n) is 25.6. The number of hydrogen-bond donors (Lipinski definition) is 24. The Bertz CT molecular complexity index is 3340. The smallest absolute Gasteiger partial charge is 0.322 e. The van der Waals surface area contributed by atoms with Gasteiger partial charge in [-0.25, -0.2) is 0 Å². The van der Waals surface area contributed by atoms with Crippen LogP contribution in [0.25, 0.3) is 0 Å². The number of nitrogens with zero attached hydrogens (tertiary/aromatic N) is 2. The summed E-state index contributed by atoms with van der Waals surface area (Å²) in [6.45, 7) is 6.34. The summed E-state index contributed by atoms with van der Waals surface area (Å²) in [6, 6.07) is -10.3. The number of carbonyl (C=O) groups excluding carboxylic acids is 15. The molecule has 1 aromatic rings. The van der Waals surface area contributed by atoms with E-state index in [2.05, 4.69) is 84.4 Å². The summed E-state index contributed by atoms with van der Waals surface area (Å²) in [4.78, 5) is 234. The van der Waals surface area contributed by atoms with Crippen LogP contribution in [-0.2, 0) is 87.9 Å². The molecule has 109 heavy (non-hydrogen) atoms. The summed E-state index contributed by atoms with van der Waals surface area (Å²) in [5.41, 5.74) is 33.5. The average molecular weight is 1570 g/mol. The molecule has 0 spiro atoms. The van der Waals surface area contributed by atoms with Crippen LogP contribution in [0.3, 0.4) is 0 Å². The zero-order valence-electron chi connectivity index (χ0n) is 62.1. The first-order valence-electron chi connectivity index (χ1n) is 34.7. The number of aliphatic carboxylic acids is 2. The summed E-state index contributed by atoms with van der Waals surface area (Å²) in [6.07, 6.45) is -2.65. The van der Waals surface area contributed by atoms with Crippen molar-refractivity contribution < 1.29 is 102 Å². The topological polar surface area (TPSA) is 720 Å². The molecule has 14 atom stereocenters. The maximum atomic E-state index is 14.4. The van der Waals surface area contributed by atoms with E-state index in [1.807, 2.05) is 0 Å². The van der Waals surface area contributed by atoms with E-state index in [1.54, 1.807) is 50.4 Å². The second-order valence-corrected chi connectivity index (χ2v) is 26.6. The molecule has 30 N–H and O–H groups in total. The van der Waals surface area contributed by atoms with Gasteiger partial charge in [-0.3, -0.25) is 91.5 Å². The van der Waals surface area contributed by atoms with Crippen molar-refractivity contribution >= 4 is 124 Å². The number of aliphatic hydroxyl groups excluding tert-OH is 2. The molecule has 0 heterocycles. The van der Waals surface area contributed by atoms with E-state index >= 15 is 0 Å². The van der Waals surface area contributed by atoms with Crippen molar-refractivity contribution in [3.05, 3.63) is 35.9 Å². The molecule has 43 nitrogen and oxygen atoms in total. The Hall–Kier alpha value is -11.0. The number of rotatable bonds is 52. The summed E-state index contributed by atoms with van der Waals surface area (Å²) in [5, 5.41) is 72.8. The molecule has 15 amide bonds. The third-order valence-corrected chi connectivity index (χ3v) is 16.7. The number of primary amides is 1. The summed E-state index contributed by atoms with van der Waals surface area (Å²) in [7, 11) is 0. The van der Waals surface area contributed by atoms with Crippen LogP contribution in [0, 0.1) is 11.8 Å². The third-order valence-electron chi connectivity index (χ3n) is 16.0. The molecule has 1 aromatic carbocycles. The number of nitrogens with two attached hydrogens (primary N) is 6. The van der Waals surface area contributed by atoms with Crippen LogP contribution in [0.15, 0.2) is 40.3 Å². The van der Waals surface area contributed by atoms with E-state index in [0.29, 0.717) is 5.56 Å². The summed E-state index contributed by atoms with van der Waals surface area (Å²) < 4.78 is 0. The van der Waals surface area contributed by atoms with Gasteiger partial charge in [0.25, 0.3) is 0 Å². The van der Waals surface area contributed by atoms with Crippen LogP contribution in [-0.4, -0.2) is 263 Å². The highest BCUT2D eigenvalue weighted by Gasteiger charge is 2.38. The highest BCUT2D eigenvalue weighted by molar-refractivity contribution is 7.98. The van der Waals surface area contributed by atoms with Crippen molar-refractivity contribution in [2.24, 2.45) is 56.2 Å². The SMILES string of the molecule is CC[C@H](C)[C@H](NC(=O)[C@H](CCCN=C(N)N)NC(=O)[C@@H](NC(=O)[C@H](CO)NC(=O)[C@H](CCC(N)=O)NC(=O)[C@H](CC(=O)O)NC(=O)CNC(=O)[C@H](CCCN=C(N)N)NC(=O)[C@H](CCSC)NC(=O)[C@@H](NC(=O)[C@H](C)NC(=O)[C@H](C)N)[C@@H](C)O)C(C)C)C(=O)N[C@@H](Cc1ccccc1)C(=O)NCC(=O)NCC(=O)O. The van der Waals surface area contributed by atoms with Crippen LogP contribution in [0.1, 0.15) is 112 Å². The number of nitrogens with one attached hydrogen (secondary N) is 14. The summed E-state index contributed by atoms with van der Waals surface area (Å²) >= 11 is 1.26. The van der Waals surface area contributed by atoms with E-state index in [9.17, 15) is 96.8 Å². The van der Waals surface area contributed by atoms with Crippen molar-refractivity contribution in [1.29, 1.82) is 0 Å². The molecule has 0 saturated heterocycles. The van der Waals surface area contributed by atoms with Crippen LogP contribution >= 0.6 is 11.8 Å². The van der Waals surface area contributed by atoms with Crippen LogP contribution < -0.4 is 109 Å². The van der Waals surface area contributed by atoms with Gasteiger partial charge in [-0.2, -0.15) is 11.8 Å². The minimum Gasteiger partial charge on any atom is -0.481 e. The molecule has 0 aliphatic heterocycles. The number of hydrogen-bond acceptors (Lipinski definition) is 23. The maximum absolute atomic E-state index is 14.4. The Labute approximate surface area is 633 Å². The Morgan fingerprint density at radius 1 is 0.459 bits per heavy atom. The van der Waals surface area contributed by atoms with Crippen LogP contribution in [0.4, 0.5) is 0 Å². The first-order valence-corrected chi connectivity index (χ1v) is 36.1. The monoisotopic (exact) mass is 1560 g/mol. The Morgan fingerprint density at radius 2 is 0.899 bits per heavy atom. The molecule has 610 valence electrons. The molecule has 0 radical (unpaired) electrons. The van der Waals surface area contributed by atoms with Gasteiger partial charge in [0.05, 0.1) is 38.3 Å². The van der Waals surface area contributed by atoms with E-state index in [-0.39, 0.29) is 75.7 Å². The fourth-order valence-corrected chi connectivity index (χ4v) is 10.2. The minimum atomic E-state index is -2.07. The highest BCUT2D eigenvalue weighted by atomic mass is 32.2. The number of benzene rings is 1. The zero-order valence-corrected chi connectivity index (χ0v) is 62.9. The van der Waals surface area contributed by atoms with Gasteiger partial charge in [-0.05, 0) is 88.7 Å². The van der Waals surface area contributed by atoms with Crippen LogP contribution in [0.5, 0.6) is 0 Å². The van der Waals surface area contributed by atoms with Crippen LogP contribution in [0.2, 0.25) is 0 Å². The molecule has 0 unspecified atom stereocenters. The van der Waals surface area contributed by atoms with Gasteiger partial charge in [0.2, 0.25) is 88.6 Å². The number of aliphatic imine (C=N–C) groups is 2. The Kier molecular flexibility index (Phi) is 44.5. The molecule has 0 saturated carbocycles. The number of thioether (sulfide) groups is 1. The van der Waals surface area contributed by atoms with Gasteiger partial charge in [0, 0.05) is 25.9 Å². The highest BCUT2D eigenvalue weighted by Crippen LogP contribution is 2.14. The van der Waals surface area contributed by atoms with Crippen molar-refractivity contribution in [3.63, 3.8) is 0 Å². The Morgan fingerprint density at radius 3 is 1.39 bits per heavy atom. The largest absolute Gasteiger partial charge is 0.481 e. The molecule has 0 aliphatic rings. The van der Waals surface area contributed by atoms with Gasteiger partial charge in [-0.15, -0.1) is 0 Å². The fourth-order valence-electron chi connectivity index (χ4n) is 9.74. The molecule has 0 aliphatic carbocycles. The van der Waals surface area contributed by atoms with Crippen molar-refractivity contribution in [3.8, 4) is 0 Å². The number of guanidine groups is 2. The zero-order chi connectivity index (χ0) is 82.8. The number of carboxylic acid groups (broad SMARTS) is 2. The van der Waals surface area contributed by atoms with Gasteiger partial charge < -0.3 is 129 Å². The first kappa shape index (κ1) is 96.0. The predicted octanol–water partition coefficient (Wildman–Crippen LogP) is -9.96. The van der Waals surface area contributed by atoms with Crippen molar-refractivity contribution in [1.82, 2.24) is 74.4 Å². The first-order chi connectivity index (χ1) is 51.2. The standard InChI is InChI=1S/C65H108N22O21S/c1-9-32(4)50(62(107)83-41(25-36-15-11-10-12-16-36)55(100)75-27-45(91)74-29-48(95)96)86-58(103)38(18-14-23-73-65(70)71)81-61(106)49(31(2)3)85-60(105)43(30-88)84-56(101)39(19-20-44(67)90)80-59(104)42(26-47(93)94)78-46(92)28-76-54(99)37(17-13-22-72-64(68)69)79-57(102)40(21-24-109-8)82-63(108)51(35(7)89)87-53(98)34(6)77-52(97)33(5)66/h10-12,15-16,31-35,37-43,49-51,88-89H,9,13-14,17-30,66H2,1-8H3,(H2,67,90)(H,74,91)(H,75,100)(H,76,99)(H,77,97)(H,78,92)(H,79,102)(H,80,104)(H,81,106)(H,82,108)(H,83,107)(H,84,101)(H,85,105)(H,86,103)(H,87,98)(H,93,94)(H,95,96)(H4,68,69,72)(H4,70,71,73)/t32-,33-,34-,35+,37-,38-,39-,40-,41-,42-,43-,49-,50-,51-/m0/s1. The molecule has 1 rings (SSSR count). The number of carboxylic acids is 2. The quantitative estimate of drug-likeness (QED) is 0.0164. The van der Waals surface area contributed by atoms with Gasteiger partial charge in [0.15, 0.2) is 11.9 Å².